The number of methoxy groups -OCH3 is 1. The Morgan fingerprint density at radius 1 is 1.14 bits per heavy atom. The number of ether oxygens (including phenoxy) is 1. The van der Waals surface area contributed by atoms with Crippen LogP contribution >= 0.6 is 0 Å². The number of aromatic nitrogens is 4. The van der Waals surface area contributed by atoms with Gasteiger partial charge in [0.2, 0.25) is 5.91 Å². The van der Waals surface area contributed by atoms with E-state index in [-0.39, 0.29) is 11.9 Å². The molecule has 8 nitrogen and oxygen atoms in total. The van der Waals surface area contributed by atoms with E-state index in [2.05, 4.69) is 20.6 Å². The third kappa shape index (κ3) is 3.96. The molecule has 0 atom stereocenters. The maximum Gasteiger partial charge on any atom is 0.224 e. The fourth-order valence-electron chi connectivity index (χ4n) is 3.46. The number of fused-ring (bicyclic) bond motifs is 1. The van der Waals surface area contributed by atoms with Crippen molar-refractivity contribution in [1.82, 2.24) is 24.7 Å². The molecule has 0 saturated carbocycles. The molecule has 0 aliphatic carbocycles. The Kier molecular flexibility index (Phi) is 5.48. The number of likely N-dealkylation sites (tertiary alicyclic amines) is 1. The van der Waals surface area contributed by atoms with Crippen molar-refractivity contribution in [1.29, 1.82) is 0 Å². The molecule has 2 aromatic heterocycles. The number of carbonyl (C=O) groups excluding carboxylic acids is 1. The number of amides is 1. The number of nitrogens with zero attached hydrogens (tertiary/aromatic N) is 5. The Labute approximate surface area is 163 Å². The first-order valence-electron chi connectivity index (χ1n) is 9.56. The van der Waals surface area contributed by atoms with Crippen molar-refractivity contribution in [2.75, 3.05) is 32.1 Å². The Balaban J connectivity index is 1.42. The summed E-state index contributed by atoms with van der Waals surface area (Å²) in [5.41, 5.74) is 1.69. The van der Waals surface area contributed by atoms with Crippen LogP contribution in [-0.2, 0) is 9.53 Å². The van der Waals surface area contributed by atoms with E-state index < -0.39 is 0 Å². The Morgan fingerprint density at radius 2 is 1.93 bits per heavy atom. The topological polar surface area (TPSA) is 84.6 Å². The second-order valence-electron chi connectivity index (χ2n) is 6.92. The highest BCUT2D eigenvalue weighted by Crippen LogP contribution is 2.20. The lowest BCUT2D eigenvalue weighted by atomic mass is 10.0. The van der Waals surface area contributed by atoms with Crippen LogP contribution in [0.2, 0.25) is 0 Å². The zero-order valence-electron chi connectivity index (χ0n) is 15.9. The van der Waals surface area contributed by atoms with Crippen LogP contribution in [0.1, 0.15) is 19.3 Å². The van der Waals surface area contributed by atoms with Crippen LogP contribution in [0, 0.1) is 0 Å². The van der Waals surface area contributed by atoms with Crippen LogP contribution in [0.5, 0.6) is 0 Å². The summed E-state index contributed by atoms with van der Waals surface area (Å²) in [7, 11) is 1.62. The quantitative estimate of drug-likeness (QED) is 0.706. The van der Waals surface area contributed by atoms with Gasteiger partial charge in [-0.3, -0.25) is 4.79 Å². The molecule has 28 heavy (non-hydrogen) atoms. The maximum absolute atomic E-state index is 12.1. The van der Waals surface area contributed by atoms with E-state index in [0.717, 1.165) is 43.1 Å². The van der Waals surface area contributed by atoms with E-state index in [4.69, 9.17) is 4.74 Å². The lowest BCUT2D eigenvalue weighted by molar-refractivity contribution is -0.133. The number of piperidine rings is 1. The number of hydrogen-bond donors (Lipinski definition) is 1. The van der Waals surface area contributed by atoms with Gasteiger partial charge in [-0.05, 0) is 25.0 Å². The van der Waals surface area contributed by atoms with Crippen molar-refractivity contribution in [3.05, 3.63) is 42.5 Å². The summed E-state index contributed by atoms with van der Waals surface area (Å²) in [5, 5.41) is 16.7. The Morgan fingerprint density at radius 3 is 2.68 bits per heavy atom. The largest absolute Gasteiger partial charge is 0.384 e. The molecule has 0 bridgehead atoms. The van der Waals surface area contributed by atoms with Gasteiger partial charge in [0.1, 0.15) is 5.82 Å². The summed E-state index contributed by atoms with van der Waals surface area (Å²) >= 11 is 0. The molecule has 4 rings (SSSR count). The number of anilines is 1. The van der Waals surface area contributed by atoms with Gasteiger partial charge in [-0.1, -0.05) is 30.3 Å². The summed E-state index contributed by atoms with van der Waals surface area (Å²) in [6, 6.07) is 14.0. The number of rotatable bonds is 6. The van der Waals surface area contributed by atoms with Crippen LogP contribution in [0.3, 0.4) is 0 Å². The molecule has 146 valence electrons. The van der Waals surface area contributed by atoms with Crippen molar-refractivity contribution in [2.24, 2.45) is 0 Å². The molecule has 8 heteroatoms. The second kappa shape index (κ2) is 8.35. The van der Waals surface area contributed by atoms with Gasteiger partial charge in [-0.25, -0.2) is 0 Å². The van der Waals surface area contributed by atoms with E-state index in [1.54, 1.807) is 11.6 Å². The number of carbonyl (C=O) groups is 1. The first-order valence-corrected chi connectivity index (χ1v) is 9.56. The molecule has 1 saturated heterocycles. The number of hydrogen-bond acceptors (Lipinski definition) is 6. The minimum atomic E-state index is 0.164. The van der Waals surface area contributed by atoms with E-state index in [1.165, 1.54) is 0 Å². The SMILES string of the molecule is COCCC(=O)N1CCC(Nc2ccc3nnc(-c4ccccc4)n3n2)CC1. The highest BCUT2D eigenvalue weighted by atomic mass is 16.5. The summed E-state index contributed by atoms with van der Waals surface area (Å²) < 4.78 is 6.76. The smallest absolute Gasteiger partial charge is 0.224 e. The minimum absolute atomic E-state index is 0.164. The predicted molar refractivity (Wildman–Crippen MR) is 106 cm³/mol. The van der Waals surface area contributed by atoms with Gasteiger partial charge < -0.3 is 15.0 Å². The van der Waals surface area contributed by atoms with Crippen LogP contribution in [0.15, 0.2) is 42.5 Å². The lowest BCUT2D eigenvalue weighted by Gasteiger charge is -2.32. The van der Waals surface area contributed by atoms with Crippen molar-refractivity contribution in [2.45, 2.75) is 25.3 Å². The van der Waals surface area contributed by atoms with Gasteiger partial charge in [-0.15, -0.1) is 15.3 Å². The van der Waals surface area contributed by atoms with Gasteiger partial charge >= 0.3 is 0 Å². The molecule has 1 N–H and O–H groups in total. The fourth-order valence-corrected chi connectivity index (χ4v) is 3.46. The first kappa shape index (κ1) is 18.4. The molecule has 1 aromatic carbocycles. The zero-order valence-corrected chi connectivity index (χ0v) is 15.9. The summed E-state index contributed by atoms with van der Waals surface area (Å²) in [4.78, 5) is 14.0. The van der Waals surface area contributed by atoms with E-state index >= 15 is 0 Å². The highest BCUT2D eigenvalue weighted by molar-refractivity contribution is 5.76. The third-order valence-corrected chi connectivity index (χ3v) is 5.01. The van der Waals surface area contributed by atoms with Crippen LogP contribution < -0.4 is 5.32 Å². The fraction of sp³-hybridized carbons (Fsp3) is 0.400. The molecule has 1 fully saturated rings. The molecule has 3 aromatic rings. The summed E-state index contributed by atoms with van der Waals surface area (Å²) in [5.74, 6) is 1.67. The van der Waals surface area contributed by atoms with Crippen LogP contribution in [0.4, 0.5) is 5.82 Å². The van der Waals surface area contributed by atoms with E-state index in [9.17, 15) is 4.79 Å². The molecule has 3 heterocycles. The Hall–Kier alpha value is -3.00. The average molecular weight is 380 g/mol. The van der Waals surface area contributed by atoms with Gasteiger partial charge in [0, 0.05) is 31.8 Å². The maximum atomic E-state index is 12.1. The van der Waals surface area contributed by atoms with Gasteiger partial charge in [0.15, 0.2) is 11.5 Å². The molecule has 1 aliphatic heterocycles. The zero-order chi connectivity index (χ0) is 19.3. The van der Waals surface area contributed by atoms with Crippen LogP contribution in [-0.4, -0.2) is 63.5 Å². The van der Waals surface area contributed by atoms with Crippen molar-refractivity contribution in [3.63, 3.8) is 0 Å². The predicted octanol–water partition coefficient (Wildman–Crippen LogP) is 2.23. The molecule has 0 spiro atoms. The molecule has 0 radical (unpaired) electrons. The van der Waals surface area contributed by atoms with Crippen molar-refractivity contribution < 1.29 is 9.53 Å². The van der Waals surface area contributed by atoms with Gasteiger partial charge in [0.05, 0.1) is 13.0 Å². The van der Waals surface area contributed by atoms with Crippen molar-refractivity contribution in [3.8, 4) is 11.4 Å². The monoisotopic (exact) mass is 380 g/mol. The average Bonchev–Trinajstić information content (AvgIpc) is 3.16. The Bertz CT molecular complexity index is 934. The van der Waals surface area contributed by atoms with Gasteiger partial charge in [0.25, 0.3) is 0 Å². The standard InChI is InChI=1S/C20H24N6O2/c1-28-14-11-19(27)25-12-9-16(10-13-25)21-17-7-8-18-22-23-20(26(18)24-17)15-5-3-2-4-6-15/h2-8,16H,9-14H2,1H3,(H,21,24). The molecular weight excluding hydrogens is 356 g/mol. The van der Waals surface area contributed by atoms with E-state index in [1.807, 2.05) is 47.4 Å². The lowest BCUT2D eigenvalue weighted by Crippen LogP contribution is -2.42. The van der Waals surface area contributed by atoms with E-state index in [0.29, 0.717) is 18.7 Å². The molecule has 1 amide bonds. The van der Waals surface area contributed by atoms with Gasteiger partial charge in [-0.2, -0.15) is 4.52 Å². The first-order chi connectivity index (χ1) is 13.7. The number of nitrogens with one attached hydrogen (secondary N) is 1. The molecule has 1 aliphatic rings. The normalized spacial score (nSPS) is 15.1. The minimum Gasteiger partial charge on any atom is -0.384 e. The molecular formula is C20H24N6O2. The molecule has 0 unspecified atom stereocenters. The number of benzene rings is 1. The summed E-state index contributed by atoms with van der Waals surface area (Å²) in [6.07, 6.45) is 2.24. The second-order valence-corrected chi connectivity index (χ2v) is 6.92. The third-order valence-electron chi connectivity index (χ3n) is 5.01. The highest BCUT2D eigenvalue weighted by Gasteiger charge is 2.23. The van der Waals surface area contributed by atoms with Crippen LogP contribution in [0.25, 0.3) is 17.0 Å². The summed E-state index contributed by atoms with van der Waals surface area (Å²) in [6.45, 7) is 1.98. The van der Waals surface area contributed by atoms with Crippen molar-refractivity contribution >= 4 is 17.4 Å².